The Bertz CT molecular complexity index is 1280. The summed E-state index contributed by atoms with van der Waals surface area (Å²) < 4.78 is 3.58. The van der Waals surface area contributed by atoms with Crippen molar-refractivity contribution in [2.24, 2.45) is 0 Å². The summed E-state index contributed by atoms with van der Waals surface area (Å²) in [5.41, 5.74) is 3.07. The number of thiophene rings is 1. The molecule has 0 saturated heterocycles. The zero-order valence-corrected chi connectivity index (χ0v) is 18.2. The van der Waals surface area contributed by atoms with Gasteiger partial charge in [0.25, 0.3) is 5.56 Å². The third kappa shape index (κ3) is 3.77. The van der Waals surface area contributed by atoms with Crippen LogP contribution in [0.15, 0.2) is 51.7 Å². The number of nitrogens with zero attached hydrogens (tertiary/aromatic N) is 5. The number of thioether (sulfide) groups is 1. The van der Waals surface area contributed by atoms with E-state index in [9.17, 15) is 14.9 Å². The summed E-state index contributed by atoms with van der Waals surface area (Å²) in [4.78, 5) is 28.6. The van der Waals surface area contributed by atoms with Crippen LogP contribution < -0.4 is 5.56 Å². The van der Waals surface area contributed by atoms with Crippen molar-refractivity contribution in [1.29, 1.82) is 0 Å². The van der Waals surface area contributed by atoms with Crippen molar-refractivity contribution in [1.82, 2.24) is 19.3 Å². The normalized spacial score (nSPS) is 13.8. The average Bonchev–Trinajstić information content (AvgIpc) is 3.30. The molecule has 158 valence electrons. The van der Waals surface area contributed by atoms with Crippen LogP contribution in [-0.4, -0.2) is 24.3 Å². The molecule has 10 heteroatoms. The van der Waals surface area contributed by atoms with Gasteiger partial charge in [-0.25, -0.2) is 4.98 Å². The molecule has 1 aromatic heterocycles. The van der Waals surface area contributed by atoms with Crippen molar-refractivity contribution in [3.05, 3.63) is 73.5 Å². The molecule has 0 saturated carbocycles. The molecule has 0 radical (unpaired) electrons. The molecule has 4 heterocycles. The molecule has 0 spiro atoms. The van der Waals surface area contributed by atoms with Crippen molar-refractivity contribution in [2.45, 2.75) is 43.1 Å². The first-order valence-electron chi connectivity index (χ1n) is 10.0. The minimum atomic E-state index is -0.365. The maximum Gasteiger partial charge on any atom is 0.324 e. The van der Waals surface area contributed by atoms with Crippen molar-refractivity contribution in [3.63, 3.8) is 0 Å². The van der Waals surface area contributed by atoms with Gasteiger partial charge in [0.2, 0.25) is 0 Å². The lowest BCUT2D eigenvalue weighted by Crippen LogP contribution is -2.19. The highest BCUT2D eigenvalue weighted by Crippen LogP contribution is 2.33. The van der Waals surface area contributed by atoms with E-state index in [4.69, 9.17) is 4.98 Å². The van der Waals surface area contributed by atoms with E-state index >= 15 is 0 Å². The Kier molecular flexibility index (Phi) is 5.33. The van der Waals surface area contributed by atoms with Gasteiger partial charge in [0.15, 0.2) is 11.0 Å². The van der Waals surface area contributed by atoms with Crippen molar-refractivity contribution in [3.8, 4) is 17.1 Å². The number of hydrogen-bond donors (Lipinski definition) is 0. The van der Waals surface area contributed by atoms with Gasteiger partial charge in [0.1, 0.15) is 5.56 Å². The van der Waals surface area contributed by atoms with E-state index in [1.165, 1.54) is 16.4 Å². The van der Waals surface area contributed by atoms with Crippen LogP contribution in [-0.2, 0) is 18.7 Å². The van der Waals surface area contributed by atoms with Crippen LogP contribution in [0.5, 0.6) is 0 Å². The second kappa shape index (κ2) is 8.27. The first-order chi connectivity index (χ1) is 15.1. The fourth-order valence-corrected chi connectivity index (χ4v) is 5.70. The van der Waals surface area contributed by atoms with Gasteiger partial charge >= 0.3 is 5.00 Å². The van der Waals surface area contributed by atoms with E-state index in [2.05, 4.69) is 9.67 Å². The molecule has 0 N–H and O–H groups in total. The maximum atomic E-state index is 13.2. The summed E-state index contributed by atoms with van der Waals surface area (Å²) in [6, 6.07) is 11.0. The summed E-state index contributed by atoms with van der Waals surface area (Å²) in [5, 5.41) is 18.3. The van der Waals surface area contributed by atoms with Crippen LogP contribution in [0, 0.1) is 10.1 Å². The Hall–Kier alpha value is -2.98. The molecule has 3 aliphatic heterocycles. The molecule has 0 atom stereocenters. The second-order valence-corrected chi connectivity index (χ2v) is 9.23. The van der Waals surface area contributed by atoms with Crippen molar-refractivity contribution < 1.29 is 4.92 Å². The number of fused-ring (bicyclic) bond motifs is 3. The van der Waals surface area contributed by atoms with Gasteiger partial charge in [0.05, 0.1) is 10.6 Å². The SMILES string of the molecule is O=c1c2c3n(c(SCc4csc([N+](=O)[O-])c4)nc-2nn1-c1ccccc1)CCCCC3. The molecule has 0 bridgehead atoms. The first-order valence-corrected chi connectivity index (χ1v) is 11.9. The highest BCUT2D eigenvalue weighted by Gasteiger charge is 2.27. The van der Waals surface area contributed by atoms with E-state index in [1.807, 2.05) is 35.7 Å². The van der Waals surface area contributed by atoms with E-state index in [-0.39, 0.29) is 15.5 Å². The smallest absolute Gasteiger partial charge is 0.324 e. The minimum Gasteiger partial charge on any atom is -0.324 e. The zero-order chi connectivity index (χ0) is 21.4. The van der Waals surface area contributed by atoms with Crippen LogP contribution in [0.4, 0.5) is 5.00 Å². The van der Waals surface area contributed by atoms with E-state index in [0.29, 0.717) is 17.1 Å². The minimum absolute atomic E-state index is 0.135. The predicted octanol–water partition coefficient (Wildman–Crippen LogP) is 4.52. The Labute approximate surface area is 186 Å². The summed E-state index contributed by atoms with van der Waals surface area (Å²) in [7, 11) is 0. The summed E-state index contributed by atoms with van der Waals surface area (Å²) >= 11 is 2.67. The second-order valence-electron chi connectivity index (χ2n) is 7.39. The molecule has 3 aliphatic rings. The fourth-order valence-electron chi connectivity index (χ4n) is 3.89. The molecule has 31 heavy (non-hydrogen) atoms. The highest BCUT2D eigenvalue weighted by atomic mass is 32.2. The monoisotopic (exact) mass is 453 g/mol. The number of benzene rings is 1. The maximum absolute atomic E-state index is 13.2. The van der Waals surface area contributed by atoms with Crippen LogP contribution in [0.3, 0.4) is 0 Å². The molecule has 0 unspecified atom stereocenters. The lowest BCUT2D eigenvalue weighted by molar-refractivity contribution is -0.380. The fraction of sp³-hybridized carbons (Fsp3) is 0.286. The van der Waals surface area contributed by atoms with Crippen LogP contribution in [0.2, 0.25) is 0 Å². The average molecular weight is 454 g/mol. The van der Waals surface area contributed by atoms with Crippen molar-refractivity contribution >= 4 is 28.1 Å². The molecular formula is C21H19N5O3S2. The topological polar surface area (TPSA) is 95.8 Å². The van der Waals surface area contributed by atoms with E-state index in [1.54, 1.807) is 6.07 Å². The van der Waals surface area contributed by atoms with Crippen LogP contribution in [0.1, 0.15) is 30.5 Å². The predicted molar refractivity (Wildman–Crippen MR) is 120 cm³/mol. The van der Waals surface area contributed by atoms with Gasteiger partial charge in [-0.15, -0.1) is 5.10 Å². The van der Waals surface area contributed by atoms with E-state index < -0.39 is 0 Å². The summed E-state index contributed by atoms with van der Waals surface area (Å²) in [6.07, 6.45) is 3.97. The third-order valence-corrected chi connectivity index (χ3v) is 7.33. The molecule has 1 aromatic carbocycles. The highest BCUT2D eigenvalue weighted by molar-refractivity contribution is 7.98. The summed E-state index contributed by atoms with van der Waals surface area (Å²) in [5.74, 6) is 1.03. The molecule has 8 nitrogen and oxygen atoms in total. The van der Waals surface area contributed by atoms with Crippen LogP contribution >= 0.6 is 23.1 Å². The largest absolute Gasteiger partial charge is 0.324 e. The Morgan fingerprint density at radius 2 is 2.03 bits per heavy atom. The molecule has 2 aromatic rings. The van der Waals surface area contributed by atoms with Gasteiger partial charge < -0.3 is 4.57 Å². The van der Waals surface area contributed by atoms with Gasteiger partial charge in [-0.1, -0.05) is 47.7 Å². The number of hydrogen-bond acceptors (Lipinski definition) is 7. The first kappa shape index (κ1) is 20.0. The Morgan fingerprint density at radius 3 is 2.81 bits per heavy atom. The number of rotatable bonds is 5. The Morgan fingerprint density at radius 1 is 1.19 bits per heavy atom. The molecule has 5 rings (SSSR count). The molecular weight excluding hydrogens is 434 g/mol. The number of para-hydroxylation sites is 1. The number of nitro groups is 1. The molecule has 0 aliphatic carbocycles. The Balaban J connectivity index is 1.58. The van der Waals surface area contributed by atoms with Crippen molar-refractivity contribution in [2.75, 3.05) is 0 Å². The summed E-state index contributed by atoms with van der Waals surface area (Å²) in [6.45, 7) is 0.806. The number of aromatic nitrogens is 4. The van der Waals surface area contributed by atoms with Crippen LogP contribution in [0.25, 0.3) is 17.1 Å². The quantitative estimate of drug-likeness (QED) is 0.191. The van der Waals surface area contributed by atoms with Gasteiger partial charge in [0, 0.05) is 29.4 Å². The zero-order valence-electron chi connectivity index (χ0n) is 16.6. The molecule has 0 amide bonds. The van der Waals surface area contributed by atoms with E-state index in [0.717, 1.165) is 65.7 Å². The third-order valence-electron chi connectivity index (χ3n) is 5.36. The standard InChI is InChI=1S/C21H19N5O3S2/c27-20-18-16-9-5-2-6-10-24(16)21(31-13-14-11-17(26(28)29)30-12-14)22-19(18)23-25(20)15-7-3-1-4-8-15/h1,3-4,7-8,11-12H,2,5-6,9-10,13H2. The van der Waals surface area contributed by atoms with Gasteiger partial charge in [-0.05, 0) is 37.0 Å². The lowest BCUT2D eigenvalue weighted by atomic mass is 10.1. The van der Waals surface area contributed by atoms with Gasteiger partial charge in [-0.2, -0.15) is 4.68 Å². The lowest BCUT2D eigenvalue weighted by Gasteiger charge is -2.17. The van der Waals surface area contributed by atoms with Gasteiger partial charge in [-0.3, -0.25) is 14.9 Å². The molecule has 0 fully saturated rings.